The molecule has 10 heteroatoms. The van der Waals surface area contributed by atoms with Crippen LogP contribution >= 0.6 is 11.8 Å². The molecule has 9 nitrogen and oxygen atoms in total. The molecular weight excluding hydrogens is 492 g/mol. The molecule has 37 heavy (non-hydrogen) atoms. The maximum Gasteiger partial charge on any atom is 0.338 e. The maximum atomic E-state index is 13.2. The molecule has 1 N–H and O–H groups in total. The number of esters is 1. The number of ether oxygens (including phenoxy) is 3. The molecule has 3 heterocycles. The van der Waals surface area contributed by atoms with Crippen molar-refractivity contribution in [3.05, 3.63) is 88.9 Å². The Hall–Kier alpha value is -4.05. The average Bonchev–Trinajstić information content (AvgIpc) is 3.31. The second kappa shape index (κ2) is 11.8. The SMILES string of the molecule is C=CCOC(=O)C1=C(C)N=C2SC=C(CC(=O)NCc3cccnc3)N2C1c1ccc(OC)cc1OC. The third kappa shape index (κ3) is 5.69. The minimum atomic E-state index is -0.627. The first kappa shape index (κ1) is 26.0. The van der Waals surface area contributed by atoms with Gasteiger partial charge in [0.1, 0.15) is 18.1 Å². The fourth-order valence-electron chi connectivity index (χ4n) is 4.11. The highest BCUT2D eigenvalue weighted by atomic mass is 32.2. The van der Waals surface area contributed by atoms with Crippen molar-refractivity contribution in [1.82, 2.24) is 15.2 Å². The number of aliphatic imine (C=N–C) groups is 1. The lowest BCUT2D eigenvalue weighted by molar-refractivity contribution is -0.138. The van der Waals surface area contributed by atoms with Crippen molar-refractivity contribution in [2.75, 3.05) is 20.8 Å². The largest absolute Gasteiger partial charge is 0.497 e. The number of amides is 1. The van der Waals surface area contributed by atoms with E-state index in [9.17, 15) is 9.59 Å². The summed E-state index contributed by atoms with van der Waals surface area (Å²) in [6.07, 6.45) is 5.00. The van der Waals surface area contributed by atoms with E-state index in [0.29, 0.717) is 45.7 Å². The van der Waals surface area contributed by atoms with Crippen molar-refractivity contribution in [1.29, 1.82) is 0 Å². The minimum Gasteiger partial charge on any atom is -0.497 e. The van der Waals surface area contributed by atoms with Crippen LogP contribution < -0.4 is 14.8 Å². The number of carbonyl (C=O) groups excluding carboxylic acids is 2. The fourth-order valence-corrected chi connectivity index (χ4v) is 5.08. The first-order chi connectivity index (χ1) is 18.0. The number of carbonyl (C=O) groups is 2. The van der Waals surface area contributed by atoms with E-state index >= 15 is 0 Å². The molecule has 1 amide bonds. The van der Waals surface area contributed by atoms with E-state index in [1.807, 2.05) is 28.5 Å². The number of pyridine rings is 1. The van der Waals surface area contributed by atoms with Crippen LogP contribution in [0, 0.1) is 0 Å². The molecule has 0 bridgehead atoms. The topological polar surface area (TPSA) is 102 Å². The molecule has 1 aromatic carbocycles. The number of allylic oxidation sites excluding steroid dienone is 1. The Balaban J connectivity index is 1.68. The molecule has 2 aromatic rings. The van der Waals surface area contributed by atoms with Crippen LogP contribution in [0.4, 0.5) is 0 Å². The number of rotatable bonds is 10. The van der Waals surface area contributed by atoms with Gasteiger partial charge >= 0.3 is 5.97 Å². The molecule has 2 aliphatic rings. The quantitative estimate of drug-likeness (QED) is 0.369. The van der Waals surface area contributed by atoms with Gasteiger partial charge in [0, 0.05) is 36.3 Å². The summed E-state index contributed by atoms with van der Waals surface area (Å²) in [6, 6.07) is 8.51. The number of nitrogens with one attached hydrogen (secondary N) is 1. The Morgan fingerprint density at radius 2 is 2.08 bits per heavy atom. The van der Waals surface area contributed by atoms with Crippen molar-refractivity contribution in [3.8, 4) is 11.5 Å². The zero-order valence-corrected chi connectivity index (χ0v) is 21.7. The van der Waals surface area contributed by atoms with Crippen molar-refractivity contribution in [3.63, 3.8) is 0 Å². The third-order valence-corrected chi connectivity index (χ3v) is 6.73. The van der Waals surface area contributed by atoms with Gasteiger partial charge in [0.15, 0.2) is 5.17 Å². The predicted octanol–water partition coefficient (Wildman–Crippen LogP) is 4.11. The normalized spacial score (nSPS) is 16.4. The molecule has 0 saturated carbocycles. The van der Waals surface area contributed by atoms with E-state index in [1.54, 1.807) is 45.7 Å². The third-order valence-electron chi connectivity index (χ3n) is 5.84. The molecule has 1 atom stereocenters. The Kier molecular flexibility index (Phi) is 8.29. The Morgan fingerprint density at radius 3 is 2.78 bits per heavy atom. The molecule has 0 aliphatic carbocycles. The van der Waals surface area contributed by atoms with E-state index in [-0.39, 0.29) is 18.9 Å². The number of thioether (sulfide) groups is 1. The summed E-state index contributed by atoms with van der Waals surface area (Å²) in [6.45, 7) is 5.83. The maximum absolute atomic E-state index is 13.2. The van der Waals surface area contributed by atoms with Crippen LogP contribution in [0.25, 0.3) is 0 Å². The summed E-state index contributed by atoms with van der Waals surface area (Å²) >= 11 is 1.40. The van der Waals surface area contributed by atoms with Crippen LogP contribution in [0.5, 0.6) is 11.5 Å². The summed E-state index contributed by atoms with van der Waals surface area (Å²) < 4.78 is 16.5. The smallest absolute Gasteiger partial charge is 0.338 e. The number of methoxy groups -OCH3 is 2. The molecular formula is C27H28N4O5S. The van der Waals surface area contributed by atoms with Gasteiger partial charge in [0.2, 0.25) is 5.91 Å². The number of benzene rings is 1. The first-order valence-electron chi connectivity index (χ1n) is 11.6. The predicted molar refractivity (Wildman–Crippen MR) is 142 cm³/mol. The molecule has 4 rings (SSSR count). The Bertz CT molecular complexity index is 1290. The lowest BCUT2D eigenvalue weighted by atomic mass is 9.93. The Labute approximate surface area is 219 Å². The van der Waals surface area contributed by atoms with Gasteiger partial charge in [0.25, 0.3) is 0 Å². The molecule has 0 spiro atoms. The standard InChI is InChI=1S/C27H28N4O5S/c1-5-11-36-26(33)24-17(2)30-27-31(25(24)21-9-8-20(34-3)13-22(21)35-4)19(16-37-27)12-23(32)29-15-18-7-6-10-28-14-18/h5-10,13-14,16,25H,1,11-12,15H2,2-4H3,(H,29,32). The number of aromatic nitrogens is 1. The van der Waals surface area contributed by atoms with Crippen LogP contribution in [0.15, 0.2) is 82.7 Å². The van der Waals surface area contributed by atoms with Crippen molar-refractivity contribution >= 4 is 28.8 Å². The van der Waals surface area contributed by atoms with E-state index in [2.05, 4.69) is 21.9 Å². The van der Waals surface area contributed by atoms with Crippen LogP contribution in [0.1, 0.15) is 30.5 Å². The fraction of sp³-hybridized carbons (Fsp3) is 0.259. The molecule has 0 fully saturated rings. The van der Waals surface area contributed by atoms with Crippen LogP contribution in [0.2, 0.25) is 0 Å². The van der Waals surface area contributed by atoms with E-state index in [1.165, 1.54) is 17.8 Å². The molecule has 2 aliphatic heterocycles. The number of hydrogen-bond acceptors (Lipinski definition) is 9. The van der Waals surface area contributed by atoms with E-state index in [4.69, 9.17) is 14.2 Å². The van der Waals surface area contributed by atoms with Gasteiger partial charge in [-0.3, -0.25) is 9.78 Å². The second-order valence-electron chi connectivity index (χ2n) is 8.20. The number of hydrogen-bond donors (Lipinski definition) is 1. The van der Waals surface area contributed by atoms with Gasteiger partial charge in [0.05, 0.1) is 38.0 Å². The zero-order valence-electron chi connectivity index (χ0n) is 20.9. The van der Waals surface area contributed by atoms with Crippen molar-refractivity contribution in [2.24, 2.45) is 4.99 Å². The van der Waals surface area contributed by atoms with Crippen molar-refractivity contribution in [2.45, 2.75) is 25.9 Å². The molecule has 0 radical (unpaired) electrons. The van der Waals surface area contributed by atoms with E-state index < -0.39 is 12.0 Å². The van der Waals surface area contributed by atoms with Gasteiger partial charge in [-0.15, -0.1) is 0 Å². The first-order valence-corrected chi connectivity index (χ1v) is 12.4. The second-order valence-corrected chi connectivity index (χ2v) is 9.04. The number of nitrogens with zero attached hydrogens (tertiary/aromatic N) is 3. The van der Waals surface area contributed by atoms with Crippen LogP contribution in [0.3, 0.4) is 0 Å². The average molecular weight is 521 g/mol. The van der Waals surface area contributed by atoms with Gasteiger partial charge in [-0.05, 0) is 36.1 Å². The van der Waals surface area contributed by atoms with Gasteiger partial charge < -0.3 is 24.4 Å². The highest BCUT2D eigenvalue weighted by Gasteiger charge is 2.42. The monoisotopic (exact) mass is 520 g/mol. The number of fused-ring (bicyclic) bond motifs is 1. The van der Waals surface area contributed by atoms with Gasteiger partial charge in [-0.1, -0.05) is 30.5 Å². The number of amidine groups is 1. The molecule has 0 saturated heterocycles. The van der Waals surface area contributed by atoms with Gasteiger partial charge in [-0.25, -0.2) is 9.79 Å². The molecule has 1 unspecified atom stereocenters. The summed E-state index contributed by atoms with van der Waals surface area (Å²) in [5.41, 5.74) is 3.21. The summed E-state index contributed by atoms with van der Waals surface area (Å²) in [4.78, 5) is 36.8. The summed E-state index contributed by atoms with van der Waals surface area (Å²) in [5.74, 6) is 0.465. The highest BCUT2D eigenvalue weighted by molar-refractivity contribution is 8.16. The molecule has 192 valence electrons. The lowest BCUT2D eigenvalue weighted by Gasteiger charge is -2.36. The van der Waals surface area contributed by atoms with Crippen LogP contribution in [-0.2, 0) is 20.9 Å². The summed E-state index contributed by atoms with van der Waals surface area (Å²) in [5, 5.41) is 5.48. The van der Waals surface area contributed by atoms with Crippen LogP contribution in [-0.4, -0.2) is 47.8 Å². The Morgan fingerprint density at radius 1 is 1.24 bits per heavy atom. The summed E-state index contributed by atoms with van der Waals surface area (Å²) in [7, 11) is 3.13. The highest BCUT2D eigenvalue weighted by Crippen LogP contribution is 2.47. The zero-order chi connectivity index (χ0) is 26.4. The molecule has 1 aromatic heterocycles. The van der Waals surface area contributed by atoms with Gasteiger partial charge in [-0.2, -0.15) is 0 Å². The van der Waals surface area contributed by atoms with E-state index in [0.717, 1.165) is 5.56 Å². The minimum absolute atomic E-state index is 0.0623. The van der Waals surface area contributed by atoms with Crippen molar-refractivity contribution < 1.29 is 23.8 Å². The lowest BCUT2D eigenvalue weighted by Crippen LogP contribution is -2.38.